The van der Waals surface area contributed by atoms with Crippen molar-refractivity contribution >= 4 is 6.29 Å². The van der Waals surface area contributed by atoms with Crippen molar-refractivity contribution in [2.24, 2.45) is 5.92 Å². The Balaban J connectivity index is 1.74. The first-order valence-electron chi connectivity index (χ1n) is 10.6. The standard InChI is InChI=1S/C25H32FNO/c1-20-7-5-6-10-24(20)25-17-22(11-12-23(25)19-28)18-27(16-14-26)15-13-21-8-3-2-4-9-21/h5-7,10-12,17,19,21H,2-4,8-9,13-16,18H2,1H3. The maximum Gasteiger partial charge on any atom is 0.150 e. The maximum atomic E-state index is 13.1. The van der Waals surface area contributed by atoms with Crippen LogP contribution in [0.25, 0.3) is 11.1 Å². The molecule has 1 saturated carbocycles. The molecule has 0 bridgehead atoms. The second-order valence-corrected chi connectivity index (χ2v) is 8.11. The third-order valence-corrected chi connectivity index (χ3v) is 6.07. The van der Waals surface area contributed by atoms with E-state index in [-0.39, 0.29) is 6.67 Å². The minimum atomic E-state index is -0.318. The van der Waals surface area contributed by atoms with Gasteiger partial charge in [-0.2, -0.15) is 0 Å². The molecule has 0 atom stereocenters. The molecule has 1 aliphatic carbocycles. The molecule has 0 spiro atoms. The van der Waals surface area contributed by atoms with Gasteiger partial charge in [-0.05, 0) is 54.1 Å². The molecule has 0 N–H and O–H groups in total. The zero-order valence-electron chi connectivity index (χ0n) is 17.0. The molecule has 2 nitrogen and oxygen atoms in total. The maximum absolute atomic E-state index is 13.1. The van der Waals surface area contributed by atoms with E-state index >= 15 is 0 Å². The average molecular weight is 382 g/mol. The molecule has 2 aromatic rings. The summed E-state index contributed by atoms with van der Waals surface area (Å²) in [7, 11) is 0. The summed E-state index contributed by atoms with van der Waals surface area (Å²) in [5.74, 6) is 0.802. The zero-order chi connectivity index (χ0) is 19.8. The van der Waals surface area contributed by atoms with Crippen molar-refractivity contribution in [3.8, 4) is 11.1 Å². The van der Waals surface area contributed by atoms with Gasteiger partial charge in [0.05, 0.1) is 0 Å². The lowest BCUT2D eigenvalue weighted by Crippen LogP contribution is -2.28. The highest BCUT2D eigenvalue weighted by atomic mass is 19.1. The second kappa shape index (κ2) is 10.5. The molecule has 28 heavy (non-hydrogen) atoms. The van der Waals surface area contributed by atoms with Gasteiger partial charge in [-0.1, -0.05) is 68.5 Å². The number of alkyl halides is 1. The smallest absolute Gasteiger partial charge is 0.150 e. The monoisotopic (exact) mass is 381 g/mol. The molecule has 0 aromatic heterocycles. The number of carbonyl (C=O) groups is 1. The Morgan fingerprint density at radius 1 is 1.04 bits per heavy atom. The van der Waals surface area contributed by atoms with E-state index in [1.54, 1.807) is 0 Å². The Labute approximate surface area is 168 Å². The van der Waals surface area contributed by atoms with Gasteiger partial charge in [0.2, 0.25) is 0 Å². The van der Waals surface area contributed by atoms with E-state index in [2.05, 4.69) is 30.0 Å². The molecule has 0 amide bonds. The van der Waals surface area contributed by atoms with Crippen LogP contribution in [0.1, 0.15) is 60.0 Å². The highest BCUT2D eigenvalue weighted by Crippen LogP contribution is 2.29. The number of rotatable bonds is 9. The minimum absolute atomic E-state index is 0.318. The lowest BCUT2D eigenvalue weighted by Gasteiger charge is -2.26. The van der Waals surface area contributed by atoms with Gasteiger partial charge in [-0.25, -0.2) is 4.39 Å². The van der Waals surface area contributed by atoms with Crippen molar-refractivity contribution in [3.63, 3.8) is 0 Å². The van der Waals surface area contributed by atoms with Crippen LogP contribution in [0, 0.1) is 12.8 Å². The lowest BCUT2D eigenvalue weighted by molar-refractivity contribution is 0.112. The fourth-order valence-electron chi connectivity index (χ4n) is 4.40. The van der Waals surface area contributed by atoms with Crippen molar-refractivity contribution < 1.29 is 9.18 Å². The highest BCUT2D eigenvalue weighted by Gasteiger charge is 2.16. The van der Waals surface area contributed by atoms with Gasteiger partial charge in [-0.15, -0.1) is 0 Å². The number of nitrogens with zero attached hydrogens (tertiary/aromatic N) is 1. The quantitative estimate of drug-likeness (QED) is 0.481. The summed E-state index contributed by atoms with van der Waals surface area (Å²) in [6.07, 6.45) is 8.81. The summed E-state index contributed by atoms with van der Waals surface area (Å²) in [6.45, 7) is 3.90. The molecule has 3 heteroatoms. The predicted octanol–water partition coefficient (Wildman–Crippen LogP) is 6.22. The summed E-state index contributed by atoms with van der Waals surface area (Å²) in [6, 6.07) is 14.2. The van der Waals surface area contributed by atoms with E-state index in [1.807, 2.05) is 24.3 Å². The van der Waals surface area contributed by atoms with Crippen molar-refractivity contribution in [2.45, 2.75) is 52.0 Å². The van der Waals surface area contributed by atoms with Crippen molar-refractivity contribution in [3.05, 3.63) is 59.2 Å². The molecule has 1 aliphatic rings. The topological polar surface area (TPSA) is 20.3 Å². The van der Waals surface area contributed by atoms with Crippen LogP contribution in [0.3, 0.4) is 0 Å². The number of aldehydes is 1. The van der Waals surface area contributed by atoms with Crippen LogP contribution < -0.4 is 0 Å². The van der Waals surface area contributed by atoms with Crippen molar-refractivity contribution in [1.29, 1.82) is 0 Å². The van der Waals surface area contributed by atoms with Gasteiger partial charge in [0, 0.05) is 18.7 Å². The normalized spacial score (nSPS) is 15.1. The molecule has 150 valence electrons. The third-order valence-electron chi connectivity index (χ3n) is 6.07. The average Bonchev–Trinajstić information content (AvgIpc) is 2.73. The molecular formula is C25H32FNO. The van der Waals surface area contributed by atoms with E-state index in [1.165, 1.54) is 32.1 Å². The number of aryl methyl sites for hydroxylation is 1. The summed E-state index contributed by atoms with van der Waals surface area (Å²) < 4.78 is 13.1. The van der Waals surface area contributed by atoms with Gasteiger partial charge in [0.15, 0.2) is 6.29 Å². The predicted molar refractivity (Wildman–Crippen MR) is 114 cm³/mol. The molecule has 0 heterocycles. The summed E-state index contributed by atoms with van der Waals surface area (Å²) in [4.78, 5) is 13.8. The Morgan fingerprint density at radius 3 is 2.54 bits per heavy atom. The lowest BCUT2D eigenvalue weighted by atomic mass is 9.87. The molecule has 3 rings (SSSR count). The van der Waals surface area contributed by atoms with Crippen LogP contribution in [-0.2, 0) is 6.54 Å². The van der Waals surface area contributed by atoms with Crippen molar-refractivity contribution in [1.82, 2.24) is 4.90 Å². The number of halogens is 1. The molecule has 1 fully saturated rings. The van der Waals surface area contributed by atoms with Crippen LogP contribution in [-0.4, -0.2) is 31.0 Å². The Bertz CT molecular complexity index is 767. The summed E-state index contributed by atoms with van der Waals surface area (Å²) in [5, 5.41) is 0. The zero-order valence-corrected chi connectivity index (χ0v) is 17.0. The van der Waals surface area contributed by atoms with Crippen LogP contribution >= 0.6 is 0 Å². The molecule has 0 aliphatic heterocycles. The third kappa shape index (κ3) is 5.51. The van der Waals surface area contributed by atoms with Gasteiger partial charge in [0.1, 0.15) is 6.67 Å². The van der Waals surface area contributed by atoms with Crippen LogP contribution in [0.2, 0.25) is 0 Å². The van der Waals surface area contributed by atoms with Crippen LogP contribution in [0.5, 0.6) is 0 Å². The molecule has 0 unspecified atom stereocenters. The van der Waals surface area contributed by atoms with E-state index in [4.69, 9.17) is 0 Å². The summed E-state index contributed by atoms with van der Waals surface area (Å²) in [5.41, 5.74) is 5.06. The number of benzene rings is 2. The van der Waals surface area contributed by atoms with Crippen LogP contribution in [0.15, 0.2) is 42.5 Å². The van der Waals surface area contributed by atoms with Gasteiger partial charge >= 0.3 is 0 Å². The van der Waals surface area contributed by atoms with Gasteiger partial charge in [0.25, 0.3) is 0 Å². The number of hydrogen-bond donors (Lipinski definition) is 0. The Hall–Kier alpha value is -2.00. The molecule has 0 saturated heterocycles. The first-order valence-corrected chi connectivity index (χ1v) is 10.6. The fourth-order valence-corrected chi connectivity index (χ4v) is 4.40. The minimum Gasteiger partial charge on any atom is -0.298 e. The van der Waals surface area contributed by atoms with E-state index in [9.17, 15) is 9.18 Å². The fraction of sp³-hybridized carbons (Fsp3) is 0.480. The first kappa shape index (κ1) is 20.7. The first-order chi connectivity index (χ1) is 13.7. The van der Waals surface area contributed by atoms with E-state index < -0.39 is 0 Å². The van der Waals surface area contributed by atoms with Gasteiger partial charge < -0.3 is 0 Å². The Kier molecular flexibility index (Phi) is 7.79. The van der Waals surface area contributed by atoms with Gasteiger partial charge in [-0.3, -0.25) is 9.69 Å². The van der Waals surface area contributed by atoms with Crippen molar-refractivity contribution in [2.75, 3.05) is 19.8 Å². The largest absolute Gasteiger partial charge is 0.298 e. The molecular weight excluding hydrogens is 349 g/mol. The molecule has 2 aromatic carbocycles. The summed E-state index contributed by atoms with van der Waals surface area (Å²) >= 11 is 0. The Morgan fingerprint density at radius 2 is 1.82 bits per heavy atom. The second-order valence-electron chi connectivity index (χ2n) is 8.11. The van der Waals surface area contributed by atoms with Crippen LogP contribution in [0.4, 0.5) is 4.39 Å². The highest BCUT2D eigenvalue weighted by molar-refractivity contribution is 5.88. The van der Waals surface area contributed by atoms with E-state index in [0.717, 1.165) is 54.0 Å². The number of hydrogen-bond acceptors (Lipinski definition) is 2. The number of carbonyl (C=O) groups excluding carboxylic acids is 1. The van der Waals surface area contributed by atoms with E-state index in [0.29, 0.717) is 12.1 Å². The SMILES string of the molecule is Cc1ccccc1-c1cc(CN(CCF)CCC2CCCCC2)ccc1C=O. The molecule has 0 radical (unpaired) electrons.